The Balaban J connectivity index is 1.65. The smallest absolute Gasteiger partial charge is 0.223 e. The van der Waals surface area contributed by atoms with Crippen molar-refractivity contribution in [1.29, 1.82) is 0 Å². The van der Waals surface area contributed by atoms with E-state index in [4.69, 9.17) is 0 Å². The van der Waals surface area contributed by atoms with Gasteiger partial charge in [-0.15, -0.1) is 5.10 Å². The molecule has 102 valence electrons. The summed E-state index contributed by atoms with van der Waals surface area (Å²) in [5.41, 5.74) is 0.893. The lowest BCUT2D eigenvalue weighted by molar-refractivity contribution is -0.125. The standard InChI is InChI=1S/C14H20N4O/c1-11-7-8-13(18-17-11)15-9-10-16-14(19)12-5-3-2-4-6-12/h2-3,7-8,12H,4-6,9-10H2,1H3,(H,15,18)(H,16,19)/t12-/m1/s1. The maximum Gasteiger partial charge on any atom is 0.223 e. The van der Waals surface area contributed by atoms with E-state index in [0.717, 1.165) is 30.8 Å². The lowest BCUT2D eigenvalue weighted by Gasteiger charge is -2.17. The molecule has 2 N–H and O–H groups in total. The molecule has 1 aliphatic carbocycles. The Bertz CT molecular complexity index is 441. The molecular formula is C14H20N4O. The predicted octanol–water partition coefficient (Wildman–Crippen LogP) is 1.67. The van der Waals surface area contributed by atoms with E-state index in [0.29, 0.717) is 13.1 Å². The van der Waals surface area contributed by atoms with Crippen LogP contribution >= 0.6 is 0 Å². The Labute approximate surface area is 113 Å². The Kier molecular flexibility index (Phi) is 4.89. The van der Waals surface area contributed by atoms with Crippen LogP contribution in [0, 0.1) is 12.8 Å². The van der Waals surface area contributed by atoms with Gasteiger partial charge in [0, 0.05) is 19.0 Å². The third-order valence-corrected chi connectivity index (χ3v) is 3.17. The summed E-state index contributed by atoms with van der Waals surface area (Å²) in [5, 5.41) is 14.0. The third kappa shape index (κ3) is 4.35. The second-order valence-electron chi connectivity index (χ2n) is 4.76. The van der Waals surface area contributed by atoms with E-state index in [1.54, 1.807) is 0 Å². The van der Waals surface area contributed by atoms with Crippen molar-refractivity contribution in [2.45, 2.75) is 26.2 Å². The number of carbonyl (C=O) groups excluding carboxylic acids is 1. The molecule has 1 atom stereocenters. The number of amides is 1. The minimum atomic E-state index is 0.143. The van der Waals surface area contributed by atoms with Crippen molar-refractivity contribution < 1.29 is 4.79 Å². The van der Waals surface area contributed by atoms with Gasteiger partial charge >= 0.3 is 0 Å². The molecule has 1 heterocycles. The Morgan fingerprint density at radius 1 is 1.32 bits per heavy atom. The number of hydrogen-bond acceptors (Lipinski definition) is 4. The second kappa shape index (κ2) is 6.87. The van der Waals surface area contributed by atoms with Gasteiger partial charge in [-0.05, 0) is 38.3 Å². The first-order valence-electron chi connectivity index (χ1n) is 6.72. The summed E-state index contributed by atoms with van der Waals surface area (Å²) < 4.78 is 0. The fraction of sp³-hybridized carbons (Fsp3) is 0.500. The number of rotatable bonds is 5. The first-order valence-corrected chi connectivity index (χ1v) is 6.72. The van der Waals surface area contributed by atoms with Crippen LogP contribution in [0.3, 0.4) is 0 Å². The zero-order chi connectivity index (χ0) is 13.5. The molecule has 0 bridgehead atoms. The van der Waals surface area contributed by atoms with Gasteiger partial charge in [0.1, 0.15) is 5.82 Å². The van der Waals surface area contributed by atoms with Crippen LogP contribution in [-0.2, 0) is 4.79 Å². The topological polar surface area (TPSA) is 66.9 Å². The summed E-state index contributed by atoms with van der Waals surface area (Å²) >= 11 is 0. The van der Waals surface area contributed by atoms with Crippen LogP contribution in [0.4, 0.5) is 5.82 Å². The van der Waals surface area contributed by atoms with Gasteiger partial charge in [-0.3, -0.25) is 4.79 Å². The van der Waals surface area contributed by atoms with Crippen molar-refractivity contribution in [1.82, 2.24) is 15.5 Å². The molecule has 1 aromatic rings. The number of nitrogens with one attached hydrogen (secondary N) is 2. The summed E-state index contributed by atoms with van der Waals surface area (Å²) in [4.78, 5) is 11.9. The van der Waals surface area contributed by atoms with E-state index < -0.39 is 0 Å². The van der Waals surface area contributed by atoms with E-state index in [9.17, 15) is 4.79 Å². The summed E-state index contributed by atoms with van der Waals surface area (Å²) in [6.45, 7) is 3.16. The Morgan fingerprint density at radius 2 is 2.21 bits per heavy atom. The maximum absolute atomic E-state index is 11.9. The molecule has 0 unspecified atom stereocenters. The molecular weight excluding hydrogens is 240 g/mol. The lowest BCUT2D eigenvalue weighted by atomic mass is 9.94. The Hall–Kier alpha value is -1.91. The zero-order valence-corrected chi connectivity index (χ0v) is 11.2. The average Bonchev–Trinajstić information content (AvgIpc) is 2.46. The largest absolute Gasteiger partial charge is 0.367 e. The maximum atomic E-state index is 11.9. The highest BCUT2D eigenvalue weighted by molar-refractivity contribution is 5.78. The number of carbonyl (C=O) groups is 1. The minimum absolute atomic E-state index is 0.143. The van der Waals surface area contributed by atoms with Crippen molar-refractivity contribution in [3.8, 4) is 0 Å². The van der Waals surface area contributed by atoms with E-state index in [1.807, 2.05) is 19.1 Å². The monoisotopic (exact) mass is 260 g/mol. The zero-order valence-electron chi connectivity index (χ0n) is 11.2. The van der Waals surface area contributed by atoms with Gasteiger partial charge in [0.05, 0.1) is 5.69 Å². The number of allylic oxidation sites excluding steroid dienone is 2. The molecule has 0 aromatic carbocycles. The molecule has 19 heavy (non-hydrogen) atoms. The Morgan fingerprint density at radius 3 is 2.89 bits per heavy atom. The SMILES string of the molecule is Cc1ccc(NCCNC(=O)[C@@H]2CC=CCC2)nn1. The van der Waals surface area contributed by atoms with Crippen LogP contribution in [0.25, 0.3) is 0 Å². The first-order chi connectivity index (χ1) is 9.25. The van der Waals surface area contributed by atoms with Gasteiger partial charge in [0.2, 0.25) is 5.91 Å². The summed E-state index contributed by atoms with van der Waals surface area (Å²) in [5.74, 6) is 1.03. The van der Waals surface area contributed by atoms with Gasteiger partial charge in [-0.25, -0.2) is 0 Å². The van der Waals surface area contributed by atoms with E-state index >= 15 is 0 Å². The van der Waals surface area contributed by atoms with E-state index in [1.165, 1.54) is 0 Å². The van der Waals surface area contributed by atoms with Crippen molar-refractivity contribution in [2.75, 3.05) is 18.4 Å². The molecule has 0 radical (unpaired) electrons. The molecule has 2 rings (SSSR count). The van der Waals surface area contributed by atoms with Crippen LogP contribution in [0.5, 0.6) is 0 Å². The number of hydrogen-bond donors (Lipinski definition) is 2. The number of aryl methyl sites for hydroxylation is 1. The average molecular weight is 260 g/mol. The highest BCUT2D eigenvalue weighted by atomic mass is 16.1. The molecule has 1 aromatic heterocycles. The molecule has 5 heteroatoms. The number of nitrogens with zero attached hydrogens (tertiary/aromatic N) is 2. The highest BCUT2D eigenvalue weighted by Crippen LogP contribution is 2.17. The molecule has 0 saturated heterocycles. The van der Waals surface area contributed by atoms with Crippen LogP contribution in [-0.4, -0.2) is 29.2 Å². The van der Waals surface area contributed by atoms with Gasteiger partial charge in [0.15, 0.2) is 0 Å². The molecule has 5 nitrogen and oxygen atoms in total. The highest BCUT2D eigenvalue weighted by Gasteiger charge is 2.17. The minimum Gasteiger partial charge on any atom is -0.367 e. The molecule has 0 fully saturated rings. The number of aromatic nitrogens is 2. The summed E-state index contributed by atoms with van der Waals surface area (Å²) in [6, 6.07) is 3.79. The summed E-state index contributed by atoms with van der Waals surface area (Å²) in [7, 11) is 0. The van der Waals surface area contributed by atoms with Gasteiger partial charge in [-0.2, -0.15) is 5.10 Å². The van der Waals surface area contributed by atoms with Crippen LogP contribution < -0.4 is 10.6 Å². The van der Waals surface area contributed by atoms with Crippen LogP contribution in [0.2, 0.25) is 0 Å². The van der Waals surface area contributed by atoms with Crippen LogP contribution in [0.1, 0.15) is 25.0 Å². The van der Waals surface area contributed by atoms with Gasteiger partial charge in [-0.1, -0.05) is 12.2 Å². The van der Waals surface area contributed by atoms with Crippen LogP contribution in [0.15, 0.2) is 24.3 Å². The van der Waals surface area contributed by atoms with Crippen molar-refractivity contribution in [3.05, 3.63) is 30.0 Å². The normalized spacial score (nSPS) is 18.1. The third-order valence-electron chi connectivity index (χ3n) is 3.17. The fourth-order valence-corrected chi connectivity index (χ4v) is 2.05. The molecule has 1 amide bonds. The molecule has 0 aliphatic heterocycles. The van der Waals surface area contributed by atoms with E-state index in [-0.39, 0.29) is 11.8 Å². The van der Waals surface area contributed by atoms with Crippen molar-refractivity contribution >= 4 is 11.7 Å². The fourth-order valence-electron chi connectivity index (χ4n) is 2.05. The van der Waals surface area contributed by atoms with Gasteiger partial charge in [0.25, 0.3) is 0 Å². The lowest BCUT2D eigenvalue weighted by Crippen LogP contribution is -2.34. The number of anilines is 1. The summed E-state index contributed by atoms with van der Waals surface area (Å²) in [6.07, 6.45) is 7.06. The second-order valence-corrected chi connectivity index (χ2v) is 4.76. The van der Waals surface area contributed by atoms with E-state index in [2.05, 4.69) is 33.0 Å². The molecule has 1 aliphatic rings. The van der Waals surface area contributed by atoms with Crippen molar-refractivity contribution in [3.63, 3.8) is 0 Å². The van der Waals surface area contributed by atoms with Crippen molar-refractivity contribution in [2.24, 2.45) is 5.92 Å². The molecule has 0 spiro atoms. The quantitative estimate of drug-likeness (QED) is 0.624. The first kappa shape index (κ1) is 13.5. The van der Waals surface area contributed by atoms with Gasteiger partial charge < -0.3 is 10.6 Å². The predicted molar refractivity (Wildman–Crippen MR) is 74.7 cm³/mol. The molecule has 0 saturated carbocycles.